The van der Waals surface area contributed by atoms with Gasteiger partial charge in [-0.25, -0.2) is 0 Å². The fraction of sp³-hybridized carbons (Fsp3) is 0.213. The van der Waals surface area contributed by atoms with Crippen LogP contribution in [0, 0.1) is 0 Å². The molecule has 12 rings (SSSR count). The normalized spacial score (nSPS) is 14.5. The highest BCUT2D eigenvalue weighted by molar-refractivity contribution is 8.00. The zero-order valence-electron chi connectivity index (χ0n) is 40.6. The molecule has 4 aliphatic rings. The minimum Gasteiger partial charge on any atom is -0.312 e. The van der Waals surface area contributed by atoms with Gasteiger partial charge in [-0.1, -0.05) is 201 Å². The van der Waals surface area contributed by atoms with E-state index in [4.69, 9.17) is 0 Å². The second-order valence-corrected chi connectivity index (χ2v) is 23.5. The summed E-state index contributed by atoms with van der Waals surface area (Å²) >= 11 is 1.77. The highest BCUT2D eigenvalue weighted by Gasteiger charge is 2.53. The number of fused-ring (bicyclic) bond motifs is 10. The Bertz CT molecular complexity index is 3450. The summed E-state index contributed by atoms with van der Waals surface area (Å²) in [6.45, 7) is 19.8. The first-order valence-corrected chi connectivity index (χ1v) is 25.0. The van der Waals surface area contributed by atoms with Crippen LogP contribution in [0.25, 0.3) is 22.3 Å². The Kier molecular flexibility index (Phi) is 9.58. The number of rotatable bonds is 3. The lowest BCUT2D eigenvalue weighted by atomic mass is 9.29. The van der Waals surface area contributed by atoms with E-state index in [1.54, 1.807) is 23.9 Å². The minimum atomic E-state index is -4.64. The molecule has 0 atom stereocenters. The summed E-state index contributed by atoms with van der Waals surface area (Å²) in [5.41, 5.74) is 18.2. The molecule has 0 saturated carbocycles. The van der Waals surface area contributed by atoms with E-state index >= 15 is 13.2 Å². The van der Waals surface area contributed by atoms with Gasteiger partial charge in [-0.15, -0.1) is 0 Å². The summed E-state index contributed by atoms with van der Waals surface area (Å²) in [4.78, 5) is 6.74. The van der Waals surface area contributed by atoms with Crippen LogP contribution in [0.15, 0.2) is 168 Å². The number of anilines is 6. The Morgan fingerprint density at radius 3 is 1.43 bits per heavy atom. The summed E-state index contributed by atoms with van der Waals surface area (Å²) in [6, 6.07) is 54.6. The molecule has 0 bridgehead atoms. The average Bonchev–Trinajstić information content (AvgIpc) is 3.32. The zero-order chi connectivity index (χ0) is 48.1. The number of halogens is 3. The van der Waals surface area contributed by atoms with Gasteiger partial charge in [-0.2, -0.15) is 13.2 Å². The molecule has 2 nitrogen and oxygen atoms in total. The van der Waals surface area contributed by atoms with Crippen LogP contribution < -0.4 is 42.6 Å². The Balaban J connectivity index is 1.35. The van der Waals surface area contributed by atoms with Gasteiger partial charge in [0.2, 0.25) is 6.71 Å². The molecule has 0 unspecified atom stereocenters. The molecule has 0 amide bonds. The number of nitrogens with zero attached hydrogens (tertiary/aromatic N) is 2. The van der Waals surface area contributed by atoms with E-state index in [1.807, 2.05) is 11.0 Å². The van der Waals surface area contributed by atoms with Gasteiger partial charge in [0.15, 0.2) is 0 Å². The maximum absolute atomic E-state index is 15.9. The van der Waals surface area contributed by atoms with Crippen molar-refractivity contribution in [2.45, 2.75) is 94.5 Å². The second-order valence-electron chi connectivity index (χ2n) is 22.4. The van der Waals surface area contributed by atoms with Gasteiger partial charge in [-0.3, -0.25) is 0 Å². The van der Waals surface area contributed by atoms with Gasteiger partial charge in [-0.05, 0) is 113 Å². The average molecular weight is 925 g/mol. The number of benzene rings is 8. The van der Waals surface area contributed by atoms with Gasteiger partial charge in [0, 0.05) is 38.1 Å². The molecule has 340 valence electrons. The Hall–Kier alpha value is -6.37. The molecule has 0 aromatic heterocycles. The third-order valence-corrected chi connectivity index (χ3v) is 16.2. The maximum Gasteiger partial charge on any atom is 0.418 e. The minimum absolute atomic E-state index is 0.111. The lowest BCUT2D eigenvalue weighted by molar-refractivity contribution is -0.137. The van der Waals surface area contributed by atoms with Crippen LogP contribution in [0.2, 0.25) is 0 Å². The highest BCUT2D eigenvalue weighted by Crippen LogP contribution is 2.56. The first kappa shape index (κ1) is 43.9. The van der Waals surface area contributed by atoms with Crippen LogP contribution in [-0.4, -0.2) is 13.4 Å². The van der Waals surface area contributed by atoms with E-state index in [1.165, 1.54) is 39.6 Å². The number of para-hydroxylation sites is 1. The molecule has 8 aromatic rings. The molecular formula is C61H53B2F3N2S. The van der Waals surface area contributed by atoms with Crippen molar-refractivity contribution < 1.29 is 13.2 Å². The van der Waals surface area contributed by atoms with Gasteiger partial charge in [0.1, 0.15) is 0 Å². The SMILES string of the molecule is CC(C)(C)c1ccc2c(c1)B1c3ccccc3Sc3c1c1c4c(c3-c3ccccc3-c3ccccc3)N(c3ccccc3C(F)(F)F)c3ccc(C(C)(C)C)cc3B4c3cc(C(C)(C)C)ccc3N21. The molecule has 4 aliphatic heterocycles. The number of hydrogen-bond acceptors (Lipinski definition) is 3. The largest absolute Gasteiger partial charge is 0.418 e. The van der Waals surface area contributed by atoms with E-state index in [9.17, 15) is 0 Å². The Morgan fingerprint density at radius 2 is 0.884 bits per heavy atom. The van der Waals surface area contributed by atoms with Crippen molar-refractivity contribution in [3.05, 3.63) is 180 Å². The second kappa shape index (κ2) is 15.1. The van der Waals surface area contributed by atoms with Crippen LogP contribution in [-0.2, 0) is 22.4 Å². The molecule has 0 spiro atoms. The summed E-state index contributed by atoms with van der Waals surface area (Å²) in [5, 5.41) is 0. The van der Waals surface area contributed by atoms with Crippen LogP contribution in [0.3, 0.4) is 0 Å². The highest BCUT2D eigenvalue weighted by atomic mass is 32.2. The van der Waals surface area contributed by atoms with Crippen molar-refractivity contribution in [1.82, 2.24) is 0 Å². The smallest absolute Gasteiger partial charge is 0.312 e. The van der Waals surface area contributed by atoms with Crippen molar-refractivity contribution in [1.29, 1.82) is 0 Å². The molecule has 4 heterocycles. The molecule has 0 fully saturated rings. The van der Waals surface area contributed by atoms with Crippen molar-refractivity contribution >= 4 is 92.1 Å². The quantitative estimate of drug-likeness (QED) is 0.163. The molecule has 0 radical (unpaired) electrons. The van der Waals surface area contributed by atoms with Crippen LogP contribution in [0.5, 0.6) is 0 Å². The standard InChI is InChI=1S/C61H53B2F3N2S/c1-58(2,3)37-28-31-49-44(33-37)62-43-24-16-18-26-51(43)69-57-52(41-22-14-13-21-40(41)36-19-11-10-12-20-36)55-53-56(54(57)62)68(49)50-32-29-39(60(7,8)9)35-46(50)63(53)45-34-38(59(4,5)6)27-30-48(45)67(55)47-25-17-15-23-42(47)61(64,65)66/h10-35H,1-9H3. The monoisotopic (exact) mass is 924 g/mol. The van der Waals surface area contributed by atoms with Crippen LogP contribution >= 0.6 is 11.8 Å². The summed E-state index contributed by atoms with van der Waals surface area (Å²) < 4.78 is 47.6. The number of hydrogen-bond donors (Lipinski definition) is 0. The van der Waals surface area contributed by atoms with Crippen LogP contribution in [0.1, 0.15) is 84.6 Å². The van der Waals surface area contributed by atoms with E-state index in [2.05, 4.69) is 195 Å². The number of alkyl halides is 3. The Morgan fingerprint density at radius 1 is 0.420 bits per heavy atom. The zero-order valence-corrected chi connectivity index (χ0v) is 41.4. The molecule has 0 saturated heterocycles. The molecule has 8 aromatic carbocycles. The first-order valence-electron chi connectivity index (χ1n) is 24.2. The van der Waals surface area contributed by atoms with E-state index in [0.29, 0.717) is 0 Å². The third-order valence-electron chi connectivity index (χ3n) is 15.0. The third kappa shape index (κ3) is 6.64. The first-order chi connectivity index (χ1) is 32.8. The lowest BCUT2D eigenvalue weighted by Gasteiger charge is -2.51. The van der Waals surface area contributed by atoms with Crippen molar-refractivity contribution in [2.24, 2.45) is 0 Å². The van der Waals surface area contributed by atoms with Crippen molar-refractivity contribution in [2.75, 3.05) is 9.80 Å². The Labute approximate surface area is 409 Å². The van der Waals surface area contributed by atoms with Gasteiger partial charge in [0.25, 0.3) is 6.71 Å². The van der Waals surface area contributed by atoms with Gasteiger partial charge in [0.05, 0.1) is 16.9 Å². The van der Waals surface area contributed by atoms with Gasteiger partial charge < -0.3 is 9.80 Å². The van der Waals surface area contributed by atoms with E-state index in [-0.39, 0.29) is 35.4 Å². The molecule has 0 N–H and O–H groups in total. The summed E-state index contributed by atoms with van der Waals surface area (Å²) in [6.07, 6.45) is -4.64. The predicted octanol–water partition coefficient (Wildman–Crippen LogP) is 13.3. The summed E-state index contributed by atoms with van der Waals surface area (Å²) in [5.74, 6) is 0. The fourth-order valence-corrected chi connectivity index (χ4v) is 12.9. The lowest BCUT2D eigenvalue weighted by Crippen LogP contribution is -2.68. The molecule has 0 aliphatic carbocycles. The van der Waals surface area contributed by atoms with E-state index in [0.717, 1.165) is 82.4 Å². The maximum atomic E-state index is 15.9. The van der Waals surface area contributed by atoms with E-state index < -0.39 is 11.7 Å². The van der Waals surface area contributed by atoms with Crippen LogP contribution in [0.4, 0.5) is 47.3 Å². The van der Waals surface area contributed by atoms with Crippen molar-refractivity contribution in [3.63, 3.8) is 0 Å². The fourth-order valence-electron chi connectivity index (χ4n) is 11.6. The summed E-state index contributed by atoms with van der Waals surface area (Å²) in [7, 11) is 0. The molecular weight excluding hydrogens is 871 g/mol. The van der Waals surface area contributed by atoms with Gasteiger partial charge >= 0.3 is 6.18 Å². The predicted molar refractivity (Wildman–Crippen MR) is 288 cm³/mol. The van der Waals surface area contributed by atoms with Crippen molar-refractivity contribution in [3.8, 4) is 22.3 Å². The molecule has 8 heteroatoms. The topological polar surface area (TPSA) is 6.48 Å². The molecule has 69 heavy (non-hydrogen) atoms.